The van der Waals surface area contributed by atoms with Gasteiger partial charge < -0.3 is 14.2 Å². The summed E-state index contributed by atoms with van der Waals surface area (Å²) in [6, 6.07) is 8.73. The minimum Gasteiger partial charge on any atom is -0.490 e. The molecule has 1 unspecified atom stereocenters. The molecule has 0 spiro atoms. The smallest absolute Gasteiger partial charge is 0.313 e. The number of carbonyl (C=O) groups is 1. The van der Waals surface area contributed by atoms with Gasteiger partial charge in [0.25, 0.3) is 0 Å². The van der Waals surface area contributed by atoms with Gasteiger partial charge in [0.1, 0.15) is 16.8 Å². The van der Waals surface area contributed by atoms with Crippen LogP contribution >= 0.6 is 58.0 Å². The quantitative estimate of drug-likeness (QED) is 0.213. The first-order valence-electron chi connectivity index (χ1n) is 9.91. The van der Waals surface area contributed by atoms with Crippen molar-refractivity contribution < 1.29 is 19.0 Å². The number of hydrogen-bond donors (Lipinski definition) is 0. The summed E-state index contributed by atoms with van der Waals surface area (Å²) in [5.41, 5.74) is 1.81. The van der Waals surface area contributed by atoms with Crippen molar-refractivity contribution in [3.63, 3.8) is 0 Å². The first-order chi connectivity index (χ1) is 15.2. The molecule has 2 rings (SSSR count). The third-order valence-electron chi connectivity index (χ3n) is 4.52. The second-order valence-corrected chi connectivity index (χ2v) is 9.09. The molecule has 0 radical (unpaired) electrons. The van der Waals surface area contributed by atoms with Gasteiger partial charge in [-0.05, 0) is 36.6 Å². The minimum absolute atomic E-state index is 0.108. The van der Waals surface area contributed by atoms with Crippen LogP contribution in [-0.4, -0.2) is 25.8 Å². The number of rotatable bonds is 11. The van der Waals surface area contributed by atoms with Crippen LogP contribution in [0.3, 0.4) is 0 Å². The predicted molar refractivity (Wildman–Crippen MR) is 132 cm³/mol. The summed E-state index contributed by atoms with van der Waals surface area (Å²) in [5.74, 6) is 0.167. The van der Waals surface area contributed by atoms with Gasteiger partial charge in [-0.25, -0.2) is 0 Å². The Labute approximate surface area is 213 Å². The molecule has 32 heavy (non-hydrogen) atoms. The Hall–Kier alpha value is -1.30. The van der Waals surface area contributed by atoms with Crippen molar-refractivity contribution >= 4 is 64.0 Å². The zero-order chi connectivity index (χ0) is 23.7. The molecule has 0 aliphatic rings. The Morgan fingerprint density at radius 2 is 1.69 bits per heavy atom. The SMILES string of the molecule is CCC(C(=O)OCCCOc1c(Cl)cc(OCC=C(Cl)Cl)cc1Cl)c1ccc(Cl)c(C)c1. The zero-order valence-corrected chi connectivity index (χ0v) is 21.4. The average molecular weight is 541 g/mol. The lowest BCUT2D eigenvalue weighted by atomic mass is 9.95. The molecular weight excluding hydrogens is 518 g/mol. The molecule has 0 fully saturated rings. The number of halogens is 5. The van der Waals surface area contributed by atoms with E-state index in [1.165, 1.54) is 6.08 Å². The Balaban J connectivity index is 1.83. The summed E-state index contributed by atoms with van der Waals surface area (Å²) >= 11 is 29.6. The molecule has 0 aliphatic heterocycles. The normalized spacial score (nSPS) is 11.6. The van der Waals surface area contributed by atoms with Crippen LogP contribution in [0.25, 0.3) is 0 Å². The van der Waals surface area contributed by atoms with Crippen molar-refractivity contribution in [2.75, 3.05) is 19.8 Å². The van der Waals surface area contributed by atoms with Gasteiger partial charge in [-0.3, -0.25) is 4.79 Å². The zero-order valence-electron chi connectivity index (χ0n) is 17.6. The van der Waals surface area contributed by atoms with Gasteiger partial charge in [-0.15, -0.1) is 0 Å². The van der Waals surface area contributed by atoms with Crippen molar-refractivity contribution in [2.24, 2.45) is 0 Å². The van der Waals surface area contributed by atoms with Crippen LogP contribution in [0.5, 0.6) is 11.5 Å². The van der Waals surface area contributed by atoms with Crippen LogP contribution in [0.15, 0.2) is 40.9 Å². The molecule has 0 saturated heterocycles. The van der Waals surface area contributed by atoms with E-state index in [4.69, 9.17) is 72.2 Å². The molecule has 2 aromatic carbocycles. The van der Waals surface area contributed by atoms with Crippen LogP contribution in [0.2, 0.25) is 15.1 Å². The molecule has 0 bridgehead atoms. The minimum atomic E-state index is -0.341. The molecule has 1 atom stereocenters. The van der Waals surface area contributed by atoms with Gasteiger partial charge in [-0.2, -0.15) is 0 Å². The van der Waals surface area contributed by atoms with E-state index in [1.54, 1.807) is 18.2 Å². The van der Waals surface area contributed by atoms with Crippen molar-refractivity contribution in [3.05, 3.63) is 67.1 Å². The number of benzene rings is 2. The summed E-state index contributed by atoms with van der Waals surface area (Å²) < 4.78 is 16.7. The lowest BCUT2D eigenvalue weighted by molar-refractivity contribution is -0.145. The van der Waals surface area contributed by atoms with Crippen molar-refractivity contribution in [1.82, 2.24) is 0 Å². The highest BCUT2D eigenvalue weighted by molar-refractivity contribution is 6.55. The van der Waals surface area contributed by atoms with E-state index >= 15 is 0 Å². The highest BCUT2D eigenvalue weighted by Crippen LogP contribution is 2.37. The molecule has 9 heteroatoms. The summed E-state index contributed by atoms with van der Waals surface area (Å²) in [4.78, 5) is 12.5. The second kappa shape index (κ2) is 13.4. The highest BCUT2D eigenvalue weighted by atomic mass is 35.5. The first-order valence-corrected chi connectivity index (χ1v) is 11.8. The molecule has 174 valence electrons. The molecule has 0 aromatic heterocycles. The summed E-state index contributed by atoms with van der Waals surface area (Å²) in [7, 11) is 0. The number of esters is 1. The van der Waals surface area contributed by atoms with Crippen LogP contribution < -0.4 is 9.47 Å². The number of carbonyl (C=O) groups excluding carboxylic acids is 1. The second-order valence-electron chi connectivity index (χ2n) is 6.86. The summed E-state index contributed by atoms with van der Waals surface area (Å²) in [6.07, 6.45) is 2.60. The molecule has 0 heterocycles. The molecule has 0 N–H and O–H groups in total. The van der Waals surface area contributed by atoms with E-state index in [2.05, 4.69) is 0 Å². The van der Waals surface area contributed by atoms with Crippen LogP contribution in [0, 0.1) is 6.92 Å². The Bertz CT molecular complexity index is 934. The van der Waals surface area contributed by atoms with Crippen molar-refractivity contribution in [3.8, 4) is 11.5 Å². The summed E-state index contributed by atoms with van der Waals surface area (Å²) in [6.45, 7) is 4.51. The van der Waals surface area contributed by atoms with Crippen molar-refractivity contribution in [1.29, 1.82) is 0 Å². The monoisotopic (exact) mass is 538 g/mol. The molecule has 2 aromatic rings. The third-order valence-corrected chi connectivity index (χ3v) is 5.81. The van der Waals surface area contributed by atoms with Gasteiger partial charge in [0.2, 0.25) is 0 Å². The molecule has 0 aliphatic carbocycles. The number of ether oxygens (including phenoxy) is 3. The van der Waals surface area contributed by atoms with E-state index in [1.807, 2.05) is 26.0 Å². The summed E-state index contributed by atoms with van der Waals surface area (Å²) in [5, 5.41) is 1.27. The topological polar surface area (TPSA) is 44.8 Å². The van der Waals surface area contributed by atoms with E-state index in [-0.39, 0.29) is 36.2 Å². The van der Waals surface area contributed by atoms with Crippen LogP contribution in [0.4, 0.5) is 0 Å². The predicted octanol–water partition coefficient (Wildman–Crippen LogP) is 8.16. The maximum atomic E-state index is 12.5. The number of hydrogen-bond acceptors (Lipinski definition) is 4. The Morgan fingerprint density at radius 3 is 2.28 bits per heavy atom. The lowest BCUT2D eigenvalue weighted by Crippen LogP contribution is -2.17. The van der Waals surface area contributed by atoms with E-state index in [9.17, 15) is 4.79 Å². The van der Waals surface area contributed by atoms with Gasteiger partial charge in [-0.1, -0.05) is 77.1 Å². The van der Waals surface area contributed by atoms with E-state index in [0.717, 1.165) is 11.1 Å². The molecule has 0 amide bonds. The molecule has 0 saturated carbocycles. The van der Waals surface area contributed by atoms with Gasteiger partial charge in [0.15, 0.2) is 5.75 Å². The largest absolute Gasteiger partial charge is 0.490 e. The fourth-order valence-corrected chi connectivity index (χ4v) is 3.71. The van der Waals surface area contributed by atoms with Crippen molar-refractivity contribution in [2.45, 2.75) is 32.6 Å². The fraction of sp³-hybridized carbons (Fsp3) is 0.348. The highest BCUT2D eigenvalue weighted by Gasteiger charge is 2.21. The number of aryl methyl sites for hydroxylation is 1. The van der Waals surface area contributed by atoms with Crippen LogP contribution in [-0.2, 0) is 9.53 Å². The first kappa shape index (κ1) is 26.9. The average Bonchev–Trinajstić information content (AvgIpc) is 2.72. The van der Waals surface area contributed by atoms with Crippen LogP contribution in [0.1, 0.15) is 36.8 Å². The van der Waals surface area contributed by atoms with E-state index < -0.39 is 0 Å². The molecular formula is C23H23Cl5O4. The lowest BCUT2D eigenvalue weighted by Gasteiger charge is -2.16. The molecule has 4 nitrogen and oxygen atoms in total. The fourth-order valence-electron chi connectivity index (χ4n) is 2.89. The Morgan fingerprint density at radius 1 is 1.00 bits per heavy atom. The Kier molecular flexibility index (Phi) is 11.3. The van der Waals surface area contributed by atoms with E-state index in [0.29, 0.717) is 39.4 Å². The standard InChI is InChI=1S/C23H23Cl5O4/c1-3-17(15-5-6-18(24)14(2)11-15)23(29)32-9-4-8-31-22-19(25)12-16(13-20(22)26)30-10-7-21(27)28/h5-7,11-13,17H,3-4,8-10H2,1-2H3. The van der Waals surface area contributed by atoms with Gasteiger partial charge >= 0.3 is 5.97 Å². The third kappa shape index (κ3) is 8.24. The maximum absolute atomic E-state index is 12.5. The van der Waals surface area contributed by atoms with Gasteiger partial charge in [0.05, 0.1) is 29.2 Å². The van der Waals surface area contributed by atoms with Gasteiger partial charge in [0, 0.05) is 23.6 Å². The maximum Gasteiger partial charge on any atom is 0.313 e.